The SMILES string of the molecule is CC1(C)c2ccccc2-c2c(-c3nc(-c4ccccc4)nc(-c4ccc5c(c4)-c4cccc6cccc(c46)O5)n3)cccc21. The first kappa shape index (κ1) is 24.9. The first-order chi connectivity index (χ1) is 21.6. The van der Waals surface area contributed by atoms with Gasteiger partial charge >= 0.3 is 0 Å². The van der Waals surface area contributed by atoms with Crippen LogP contribution in [0.15, 0.2) is 127 Å². The second kappa shape index (κ2) is 9.19. The van der Waals surface area contributed by atoms with Crippen molar-refractivity contribution in [3.05, 3.63) is 139 Å². The van der Waals surface area contributed by atoms with Gasteiger partial charge in [-0.15, -0.1) is 0 Å². The van der Waals surface area contributed by atoms with E-state index in [4.69, 9.17) is 19.7 Å². The van der Waals surface area contributed by atoms with Crippen molar-refractivity contribution in [2.24, 2.45) is 0 Å². The van der Waals surface area contributed by atoms with Crippen molar-refractivity contribution in [2.45, 2.75) is 19.3 Å². The van der Waals surface area contributed by atoms with E-state index in [1.165, 1.54) is 22.3 Å². The molecule has 4 nitrogen and oxygen atoms in total. The van der Waals surface area contributed by atoms with Gasteiger partial charge in [-0.05, 0) is 57.5 Å². The zero-order chi connectivity index (χ0) is 29.4. The number of rotatable bonds is 3. The zero-order valence-corrected chi connectivity index (χ0v) is 24.4. The lowest BCUT2D eigenvalue weighted by Crippen LogP contribution is -2.14. The van der Waals surface area contributed by atoms with Crippen molar-refractivity contribution in [3.8, 4) is 67.9 Å². The standard InChI is InChI=1S/C40H27N3O/c1-40(2)31-18-7-6-15-28(31)36-29(17-10-19-32(36)40)39-42-37(25-11-4-3-5-12-25)41-38(43-39)26-21-22-33-30(23-26)27-16-8-13-24-14-9-20-34(44-33)35(24)27/h3-23H,1-2H3. The molecule has 2 aliphatic rings. The van der Waals surface area contributed by atoms with Crippen LogP contribution in [0.5, 0.6) is 11.5 Å². The van der Waals surface area contributed by atoms with E-state index in [1.54, 1.807) is 0 Å². The Bertz CT molecular complexity index is 2280. The molecular weight excluding hydrogens is 538 g/mol. The summed E-state index contributed by atoms with van der Waals surface area (Å²) >= 11 is 0. The van der Waals surface area contributed by atoms with E-state index >= 15 is 0 Å². The molecule has 1 aliphatic carbocycles. The summed E-state index contributed by atoms with van der Waals surface area (Å²) < 4.78 is 6.38. The molecule has 44 heavy (non-hydrogen) atoms. The third kappa shape index (κ3) is 3.61. The van der Waals surface area contributed by atoms with E-state index in [1.807, 2.05) is 36.4 Å². The van der Waals surface area contributed by atoms with E-state index in [0.29, 0.717) is 17.5 Å². The highest BCUT2D eigenvalue weighted by Crippen LogP contribution is 2.52. The Morgan fingerprint density at radius 3 is 2.00 bits per heavy atom. The Kier molecular flexibility index (Phi) is 5.21. The molecule has 1 aliphatic heterocycles. The maximum absolute atomic E-state index is 6.38. The van der Waals surface area contributed by atoms with Gasteiger partial charge in [-0.25, -0.2) is 15.0 Å². The lowest BCUT2D eigenvalue weighted by Gasteiger charge is -2.22. The molecule has 0 saturated heterocycles. The summed E-state index contributed by atoms with van der Waals surface area (Å²) in [7, 11) is 0. The van der Waals surface area contributed by atoms with Crippen molar-refractivity contribution >= 4 is 10.8 Å². The smallest absolute Gasteiger partial charge is 0.164 e. The van der Waals surface area contributed by atoms with Gasteiger partial charge in [0, 0.05) is 33.1 Å². The maximum Gasteiger partial charge on any atom is 0.164 e. The fraction of sp³-hybridized carbons (Fsp3) is 0.0750. The molecule has 0 spiro atoms. The van der Waals surface area contributed by atoms with Gasteiger partial charge < -0.3 is 4.74 Å². The Morgan fingerprint density at radius 1 is 0.477 bits per heavy atom. The maximum atomic E-state index is 6.38. The number of fused-ring (bicyclic) bond motifs is 5. The van der Waals surface area contributed by atoms with E-state index in [2.05, 4.69) is 105 Å². The third-order valence-electron chi connectivity index (χ3n) is 9.13. The molecule has 6 aromatic carbocycles. The van der Waals surface area contributed by atoms with Crippen LogP contribution in [-0.2, 0) is 5.41 Å². The van der Waals surface area contributed by atoms with Gasteiger partial charge in [0.25, 0.3) is 0 Å². The van der Waals surface area contributed by atoms with Crippen molar-refractivity contribution in [1.29, 1.82) is 0 Å². The molecule has 0 amide bonds. The Hall–Kier alpha value is -5.61. The average Bonchev–Trinajstić information content (AvgIpc) is 3.31. The average molecular weight is 566 g/mol. The van der Waals surface area contributed by atoms with Gasteiger partial charge in [-0.1, -0.05) is 117 Å². The Balaban J connectivity index is 1.27. The fourth-order valence-corrected chi connectivity index (χ4v) is 6.99. The van der Waals surface area contributed by atoms with E-state index in [9.17, 15) is 0 Å². The minimum Gasteiger partial charge on any atom is -0.456 e. The predicted molar refractivity (Wildman–Crippen MR) is 177 cm³/mol. The van der Waals surface area contributed by atoms with E-state index in [-0.39, 0.29) is 5.41 Å². The van der Waals surface area contributed by atoms with E-state index < -0.39 is 0 Å². The molecule has 9 rings (SSSR count). The van der Waals surface area contributed by atoms with Gasteiger partial charge in [0.05, 0.1) is 0 Å². The van der Waals surface area contributed by atoms with Gasteiger partial charge in [-0.3, -0.25) is 0 Å². The highest BCUT2D eigenvalue weighted by atomic mass is 16.5. The molecular formula is C40H27N3O. The van der Waals surface area contributed by atoms with Crippen LogP contribution in [0.25, 0.3) is 67.2 Å². The molecule has 0 N–H and O–H groups in total. The third-order valence-corrected chi connectivity index (χ3v) is 9.13. The Labute approximate surface area is 255 Å². The minimum absolute atomic E-state index is 0.115. The summed E-state index contributed by atoms with van der Waals surface area (Å²) in [4.78, 5) is 15.3. The topological polar surface area (TPSA) is 47.9 Å². The molecule has 0 unspecified atom stereocenters. The van der Waals surface area contributed by atoms with Crippen molar-refractivity contribution in [3.63, 3.8) is 0 Å². The van der Waals surface area contributed by atoms with Crippen LogP contribution in [0, 0.1) is 0 Å². The summed E-state index contributed by atoms with van der Waals surface area (Å²) in [6.45, 7) is 4.59. The number of benzene rings is 6. The van der Waals surface area contributed by atoms with Crippen molar-refractivity contribution in [1.82, 2.24) is 15.0 Å². The highest BCUT2D eigenvalue weighted by molar-refractivity contribution is 6.04. The van der Waals surface area contributed by atoms with Crippen LogP contribution in [-0.4, -0.2) is 15.0 Å². The largest absolute Gasteiger partial charge is 0.456 e. The number of hydrogen-bond donors (Lipinski definition) is 0. The van der Waals surface area contributed by atoms with Gasteiger partial charge in [0.15, 0.2) is 17.5 Å². The Morgan fingerprint density at radius 2 is 1.14 bits per heavy atom. The van der Waals surface area contributed by atoms with Gasteiger partial charge in [0.2, 0.25) is 0 Å². The van der Waals surface area contributed by atoms with Crippen LogP contribution in [0.2, 0.25) is 0 Å². The van der Waals surface area contributed by atoms with Crippen LogP contribution in [0.3, 0.4) is 0 Å². The second-order valence-electron chi connectivity index (χ2n) is 12.0. The van der Waals surface area contributed by atoms with Crippen LogP contribution in [0.1, 0.15) is 25.0 Å². The number of hydrogen-bond acceptors (Lipinski definition) is 4. The predicted octanol–water partition coefficient (Wildman–Crippen LogP) is 10.1. The summed E-state index contributed by atoms with van der Waals surface area (Å²) in [6.07, 6.45) is 0. The molecule has 4 heteroatoms. The summed E-state index contributed by atoms with van der Waals surface area (Å²) in [5.41, 5.74) is 10.0. The first-order valence-corrected chi connectivity index (χ1v) is 15.0. The lowest BCUT2D eigenvalue weighted by molar-refractivity contribution is 0.487. The number of aromatic nitrogens is 3. The molecule has 0 saturated carbocycles. The molecule has 7 aromatic rings. The number of nitrogens with zero attached hydrogens (tertiary/aromatic N) is 3. The molecule has 0 bridgehead atoms. The normalized spacial score (nSPS) is 13.6. The molecule has 0 fully saturated rings. The first-order valence-electron chi connectivity index (χ1n) is 15.0. The minimum atomic E-state index is -0.115. The molecule has 208 valence electrons. The molecule has 0 radical (unpaired) electrons. The fourth-order valence-electron chi connectivity index (χ4n) is 6.99. The highest BCUT2D eigenvalue weighted by Gasteiger charge is 2.37. The van der Waals surface area contributed by atoms with E-state index in [0.717, 1.165) is 50.1 Å². The van der Waals surface area contributed by atoms with Gasteiger partial charge in [0.1, 0.15) is 11.5 Å². The second-order valence-corrected chi connectivity index (χ2v) is 12.0. The van der Waals surface area contributed by atoms with Crippen molar-refractivity contribution < 1.29 is 4.74 Å². The van der Waals surface area contributed by atoms with Crippen LogP contribution < -0.4 is 4.74 Å². The zero-order valence-electron chi connectivity index (χ0n) is 24.4. The summed E-state index contributed by atoms with van der Waals surface area (Å²) in [5.74, 6) is 3.66. The van der Waals surface area contributed by atoms with Crippen molar-refractivity contribution in [2.75, 3.05) is 0 Å². The quantitative estimate of drug-likeness (QED) is 0.214. The summed E-state index contributed by atoms with van der Waals surface area (Å²) in [5, 5.41) is 2.29. The molecule has 2 heterocycles. The molecule has 0 atom stereocenters. The lowest BCUT2D eigenvalue weighted by atomic mass is 9.82. The summed E-state index contributed by atoms with van der Waals surface area (Å²) in [6, 6.07) is 44.2. The number of ether oxygens (including phenoxy) is 1. The monoisotopic (exact) mass is 565 g/mol. The van der Waals surface area contributed by atoms with Gasteiger partial charge in [-0.2, -0.15) is 0 Å². The van der Waals surface area contributed by atoms with Crippen LogP contribution in [0.4, 0.5) is 0 Å². The molecule has 1 aromatic heterocycles. The van der Waals surface area contributed by atoms with Crippen LogP contribution >= 0.6 is 0 Å².